The molecule has 0 bridgehead atoms. The Hall–Kier alpha value is -2.44. The molecule has 7 nitrogen and oxygen atoms in total. The van der Waals surface area contributed by atoms with Crippen LogP contribution >= 0.6 is 0 Å². The van der Waals surface area contributed by atoms with Crippen LogP contribution in [0.25, 0.3) is 11.4 Å². The van der Waals surface area contributed by atoms with Crippen molar-refractivity contribution in [3.8, 4) is 11.4 Å². The minimum absolute atomic E-state index is 0.0139. The van der Waals surface area contributed by atoms with Gasteiger partial charge in [-0.1, -0.05) is 19.3 Å². The summed E-state index contributed by atoms with van der Waals surface area (Å²) < 4.78 is 2.05. The van der Waals surface area contributed by atoms with Crippen molar-refractivity contribution in [2.75, 3.05) is 5.73 Å². The molecule has 1 aliphatic carbocycles. The first kappa shape index (κ1) is 13.5. The van der Waals surface area contributed by atoms with Gasteiger partial charge in [-0.3, -0.25) is 10.1 Å². The van der Waals surface area contributed by atoms with Crippen LogP contribution in [0.1, 0.15) is 38.1 Å². The number of hydrogen-bond donors (Lipinski definition) is 1. The van der Waals surface area contributed by atoms with E-state index < -0.39 is 4.92 Å². The summed E-state index contributed by atoms with van der Waals surface area (Å²) in [7, 11) is 0. The Kier molecular flexibility index (Phi) is 3.55. The normalized spacial score (nSPS) is 16.0. The predicted octanol–water partition coefficient (Wildman–Crippen LogP) is 2.94. The summed E-state index contributed by atoms with van der Waals surface area (Å²) in [6, 6.07) is 4.86. The molecule has 0 atom stereocenters. The van der Waals surface area contributed by atoms with Crippen molar-refractivity contribution in [2.45, 2.75) is 38.1 Å². The number of nitrogen functional groups attached to an aromatic ring is 1. The van der Waals surface area contributed by atoms with Gasteiger partial charge in [0.2, 0.25) is 0 Å². The van der Waals surface area contributed by atoms with Crippen LogP contribution in [0.5, 0.6) is 0 Å². The average Bonchev–Trinajstić information content (AvgIpc) is 2.97. The van der Waals surface area contributed by atoms with Crippen molar-refractivity contribution in [2.24, 2.45) is 0 Å². The van der Waals surface area contributed by atoms with Gasteiger partial charge in [0, 0.05) is 29.4 Å². The SMILES string of the molecule is Nc1cc([N+](=O)[O-])ccc1-c1nncn1C1CCCCC1. The van der Waals surface area contributed by atoms with E-state index >= 15 is 0 Å². The standard InChI is InChI=1S/C14H17N5O2/c15-13-8-11(19(20)21)6-7-12(13)14-17-16-9-18(14)10-4-2-1-3-5-10/h6-10H,1-5,15H2. The Morgan fingerprint density at radius 1 is 1.29 bits per heavy atom. The third-order valence-corrected chi connectivity index (χ3v) is 4.03. The summed E-state index contributed by atoms with van der Waals surface area (Å²) in [6.45, 7) is 0. The number of nitrogens with zero attached hydrogens (tertiary/aromatic N) is 4. The first-order chi connectivity index (χ1) is 10.2. The van der Waals surface area contributed by atoms with Gasteiger partial charge < -0.3 is 10.3 Å². The number of hydrogen-bond acceptors (Lipinski definition) is 5. The number of rotatable bonds is 3. The molecule has 0 aliphatic heterocycles. The quantitative estimate of drug-likeness (QED) is 0.531. The molecule has 1 aromatic heterocycles. The maximum atomic E-state index is 10.8. The highest BCUT2D eigenvalue weighted by atomic mass is 16.6. The van der Waals surface area contributed by atoms with Gasteiger partial charge in [-0.25, -0.2) is 0 Å². The average molecular weight is 287 g/mol. The molecule has 0 radical (unpaired) electrons. The van der Waals surface area contributed by atoms with Crippen molar-refractivity contribution < 1.29 is 4.92 Å². The lowest BCUT2D eigenvalue weighted by Crippen LogP contribution is -2.13. The van der Waals surface area contributed by atoms with Crippen molar-refractivity contribution in [1.29, 1.82) is 0 Å². The largest absolute Gasteiger partial charge is 0.398 e. The van der Waals surface area contributed by atoms with E-state index in [1.807, 2.05) is 0 Å². The lowest BCUT2D eigenvalue weighted by atomic mass is 9.95. The molecule has 1 aromatic carbocycles. The Morgan fingerprint density at radius 3 is 2.71 bits per heavy atom. The van der Waals surface area contributed by atoms with Crippen LogP contribution < -0.4 is 5.73 Å². The number of nitro benzene ring substituents is 1. The fourth-order valence-corrected chi connectivity index (χ4v) is 2.93. The molecule has 0 amide bonds. The summed E-state index contributed by atoms with van der Waals surface area (Å²) in [4.78, 5) is 10.3. The third kappa shape index (κ3) is 2.58. The second-order valence-electron chi connectivity index (χ2n) is 5.38. The van der Waals surface area contributed by atoms with Gasteiger partial charge in [0.1, 0.15) is 6.33 Å². The van der Waals surface area contributed by atoms with E-state index in [1.165, 1.54) is 31.4 Å². The minimum atomic E-state index is -0.452. The fraction of sp³-hybridized carbons (Fsp3) is 0.429. The lowest BCUT2D eigenvalue weighted by molar-refractivity contribution is -0.384. The smallest absolute Gasteiger partial charge is 0.271 e. The topological polar surface area (TPSA) is 99.9 Å². The molecule has 1 heterocycles. The molecule has 7 heteroatoms. The molecule has 1 aliphatic rings. The van der Waals surface area contributed by atoms with Crippen LogP contribution in [0, 0.1) is 10.1 Å². The third-order valence-electron chi connectivity index (χ3n) is 4.03. The predicted molar refractivity (Wildman–Crippen MR) is 78.6 cm³/mol. The summed E-state index contributed by atoms with van der Waals surface area (Å²) >= 11 is 0. The molecule has 0 unspecified atom stereocenters. The molecule has 3 rings (SSSR count). The van der Waals surface area contributed by atoms with Crippen LogP contribution in [0.3, 0.4) is 0 Å². The summed E-state index contributed by atoms with van der Waals surface area (Å²) in [6.07, 6.45) is 7.63. The molecule has 1 fully saturated rings. The van der Waals surface area contributed by atoms with Crippen molar-refractivity contribution in [3.63, 3.8) is 0 Å². The Labute approximate surface area is 121 Å². The number of aromatic nitrogens is 3. The second kappa shape index (κ2) is 5.51. The molecule has 0 spiro atoms. The summed E-state index contributed by atoms with van der Waals surface area (Å²) in [5, 5.41) is 18.9. The number of non-ortho nitro benzene ring substituents is 1. The van der Waals surface area contributed by atoms with Gasteiger partial charge in [-0.05, 0) is 18.9 Å². The highest BCUT2D eigenvalue weighted by Crippen LogP contribution is 2.34. The van der Waals surface area contributed by atoms with Gasteiger partial charge in [-0.2, -0.15) is 0 Å². The van der Waals surface area contributed by atoms with Crippen LogP contribution in [0.2, 0.25) is 0 Å². The van der Waals surface area contributed by atoms with E-state index in [0.717, 1.165) is 12.8 Å². The zero-order valence-electron chi connectivity index (χ0n) is 11.6. The molecule has 2 N–H and O–H groups in total. The van der Waals surface area contributed by atoms with E-state index in [-0.39, 0.29) is 5.69 Å². The van der Waals surface area contributed by atoms with E-state index in [1.54, 1.807) is 12.4 Å². The van der Waals surface area contributed by atoms with Crippen LogP contribution in [-0.4, -0.2) is 19.7 Å². The van der Waals surface area contributed by atoms with Crippen LogP contribution in [0.4, 0.5) is 11.4 Å². The fourth-order valence-electron chi connectivity index (χ4n) is 2.93. The van der Waals surface area contributed by atoms with Crippen molar-refractivity contribution in [1.82, 2.24) is 14.8 Å². The molecule has 2 aromatic rings. The molecular weight excluding hydrogens is 270 g/mol. The van der Waals surface area contributed by atoms with Crippen LogP contribution in [-0.2, 0) is 0 Å². The highest BCUT2D eigenvalue weighted by molar-refractivity contribution is 5.74. The van der Waals surface area contributed by atoms with Gasteiger partial charge in [0.25, 0.3) is 5.69 Å². The molecule has 21 heavy (non-hydrogen) atoms. The molecule has 110 valence electrons. The number of nitro groups is 1. The Morgan fingerprint density at radius 2 is 2.05 bits per heavy atom. The Bertz CT molecular complexity index is 661. The van der Waals surface area contributed by atoms with Gasteiger partial charge >= 0.3 is 0 Å². The molecule has 0 saturated heterocycles. The lowest BCUT2D eigenvalue weighted by Gasteiger charge is -2.24. The van der Waals surface area contributed by atoms with Crippen molar-refractivity contribution >= 4 is 11.4 Å². The maximum absolute atomic E-state index is 10.8. The Balaban J connectivity index is 1.97. The zero-order chi connectivity index (χ0) is 14.8. The zero-order valence-corrected chi connectivity index (χ0v) is 11.6. The minimum Gasteiger partial charge on any atom is -0.398 e. The monoisotopic (exact) mass is 287 g/mol. The number of nitrogens with two attached hydrogens (primary N) is 1. The van der Waals surface area contributed by atoms with E-state index in [0.29, 0.717) is 23.1 Å². The highest BCUT2D eigenvalue weighted by Gasteiger charge is 2.21. The number of benzene rings is 1. The maximum Gasteiger partial charge on any atom is 0.271 e. The van der Waals surface area contributed by atoms with Crippen molar-refractivity contribution in [3.05, 3.63) is 34.6 Å². The van der Waals surface area contributed by atoms with E-state index in [2.05, 4.69) is 14.8 Å². The van der Waals surface area contributed by atoms with Gasteiger partial charge in [0.05, 0.1) is 4.92 Å². The summed E-state index contributed by atoms with van der Waals surface area (Å²) in [5.74, 6) is 0.689. The van der Waals surface area contributed by atoms with Crippen LogP contribution in [0.15, 0.2) is 24.5 Å². The second-order valence-corrected chi connectivity index (χ2v) is 5.38. The van der Waals surface area contributed by atoms with Gasteiger partial charge in [0.15, 0.2) is 5.82 Å². The number of anilines is 1. The molecular formula is C14H17N5O2. The van der Waals surface area contributed by atoms with E-state index in [4.69, 9.17) is 5.73 Å². The first-order valence-corrected chi connectivity index (χ1v) is 7.10. The first-order valence-electron chi connectivity index (χ1n) is 7.10. The van der Waals surface area contributed by atoms with Gasteiger partial charge in [-0.15, -0.1) is 10.2 Å². The summed E-state index contributed by atoms with van der Waals surface area (Å²) in [5.41, 5.74) is 7.00. The molecule has 1 saturated carbocycles. The van der Waals surface area contributed by atoms with E-state index in [9.17, 15) is 10.1 Å².